The second-order valence-electron chi connectivity index (χ2n) is 5.64. The maximum absolute atomic E-state index is 12.5. The Morgan fingerprint density at radius 1 is 1.10 bits per heavy atom. The van der Waals surface area contributed by atoms with Crippen LogP contribution in [0.2, 0.25) is 10.0 Å². The Bertz CT molecular complexity index is 965. The van der Waals surface area contributed by atoms with E-state index in [1.54, 1.807) is 0 Å². The van der Waals surface area contributed by atoms with E-state index >= 15 is 0 Å². The highest BCUT2D eigenvalue weighted by Crippen LogP contribution is 2.35. The van der Waals surface area contributed by atoms with E-state index in [2.05, 4.69) is 5.32 Å². The number of ether oxygens (including phenoxy) is 3. The molecule has 0 heterocycles. The molecule has 2 aromatic rings. The van der Waals surface area contributed by atoms with Gasteiger partial charge in [0.15, 0.2) is 17.6 Å². The molecular weight excluding hydrogens is 427 g/mol. The number of halogens is 2. The minimum Gasteiger partial charge on any atom is -0.493 e. The number of nitrogens with one attached hydrogen (secondary N) is 1. The Hall–Kier alpha value is -3.04. The van der Waals surface area contributed by atoms with Crippen molar-refractivity contribution in [3.63, 3.8) is 0 Å². The van der Waals surface area contributed by atoms with Gasteiger partial charge >= 0.3 is 5.97 Å². The van der Waals surface area contributed by atoms with Crippen LogP contribution in [0.15, 0.2) is 30.3 Å². The van der Waals surface area contributed by atoms with Crippen molar-refractivity contribution in [3.05, 3.63) is 56.1 Å². The van der Waals surface area contributed by atoms with Gasteiger partial charge in [-0.05, 0) is 25.1 Å². The first kappa shape index (κ1) is 22.3. The fourth-order valence-corrected chi connectivity index (χ4v) is 2.74. The molecule has 0 fully saturated rings. The summed E-state index contributed by atoms with van der Waals surface area (Å²) in [7, 11) is 2.61. The predicted molar refractivity (Wildman–Crippen MR) is 106 cm³/mol. The average Bonchev–Trinajstić information content (AvgIpc) is 2.68. The van der Waals surface area contributed by atoms with Gasteiger partial charge in [-0.1, -0.05) is 23.2 Å². The van der Waals surface area contributed by atoms with E-state index in [-0.39, 0.29) is 22.2 Å². The molecule has 1 amide bonds. The largest absolute Gasteiger partial charge is 0.493 e. The number of methoxy groups -OCH3 is 2. The lowest BCUT2D eigenvalue weighted by Crippen LogP contribution is -2.30. The van der Waals surface area contributed by atoms with Crippen LogP contribution in [-0.2, 0) is 9.53 Å². The first-order valence-electron chi connectivity index (χ1n) is 8.05. The maximum atomic E-state index is 12.5. The highest BCUT2D eigenvalue weighted by atomic mass is 35.5. The van der Waals surface area contributed by atoms with Gasteiger partial charge in [-0.15, -0.1) is 0 Å². The second-order valence-corrected chi connectivity index (χ2v) is 6.49. The highest BCUT2D eigenvalue weighted by Gasteiger charge is 2.28. The van der Waals surface area contributed by atoms with Gasteiger partial charge in [0.05, 0.1) is 35.9 Å². The standard InChI is InChI=1S/C18H16Cl2N2O7/c1-9(17(23)21-13-5-4-10(19)6-12(13)20)29-18(24)11-7-15(27-2)16(28-3)8-14(11)22(25)26/h4-9H,1-3H3,(H,21,23)/t9-/m0/s1. The fraction of sp³-hybridized carbons (Fsp3) is 0.222. The molecule has 0 saturated heterocycles. The van der Waals surface area contributed by atoms with E-state index in [1.807, 2.05) is 0 Å². The lowest BCUT2D eigenvalue weighted by molar-refractivity contribution is -0.385. The molecule has 0 spiro atoms. The molecule has 1 atom stereocenters. The topological polar surface area (TPSA) is 117 Å². The normalized spacial score (nSPS) is 11.3. The first-order chi connectivity index (χ1) is 13.7. The molecule has 0 aliphatic heterocycles. The van der Waals surface area contributed by atoms with Crippen LogP contribution in [0, 0.1) is 10.1 Å². The molecule has 0 bridgehead atoms. The van der Waals surface area contributed by atoms with Gasteiger partial charge in [0.1, 0.15) is 5.56 Å². The average molecular weight is 443 g/mol. The molecular formula is C18H16Cl2N2O7. The van der Waals surface area contributed by atoms with Crippen molar-refractivity contribution in [2.75, 3.05) is 19.5 Å². The molecule has 9 nitrogen and oxygen atoms in total. The number of hydrogen-bond acceptors (Lipinski definition) is 7. The SMILES string of the molecule is COc1cc(C(=O)O[C@@H](C)C(=O)Nc2ccc(Cl)cc2Cl)c([N+](=O)[O-])cc1OC. The van der Waals surface area contributed by atoms with Crippen molar-refractivity contribution < 1.29 is 28.7 Å². The molecule has 0 aromatic heterocycles. The van der Waals surface area contributed by atoms with E-state index in [1.165, 1.54) is 39.3 Å². The Morgan fingerprint density at radius 3 is 2.28 bits per heavy atom. The van der Waals surface area contributed by atoms with Gasteiger partial charge in [-0.25, -0.2) is 4.79 Å². The number of hydrogen-bond donors (Lipinski definition) is 1. The Balaban J connectivity index is 2.22. The first-order valence-corrected chi connectivity index (χ1v) is 8.80. The van der Waals surface area contributed by atoms with Crippen molar-refractivity contribution in [3.8, 4) is 11.5 Å². The van der Waals surface area contributed by atoms with E-state index in [0.29, 0.717) is 5.02 Å². The van der Waals surface area contributed by atoms with Crippen molar-refractivity contribution in [1.82, 2.24) is 0 Å². The minimum atomic E-state index is -1.28. The summed E-state index contributed by atoms with van der Waals surface area (Å²) in [5, 5.41) is 14.4. The summed E-state index contributed by atoms with van der Waals surface area (Å²) in [4.78, 5) is 35.3. The maximum Gasteiger partial charge on any atom is 0.346 e. The van der Waals surface area contributed by atoms with Crippen LogP contribution in [0.3, 0.4) is 0 Å². The van der Waals surface area contributed by atoms with Gasteiger partial charge < -0.3 is 19.5 Å². The smallest absolute Gasteiger partial charge is 0.346 e. The van der Waals surface area contributed by atoms with E-state index in [4.69, 9.17) is 37.4 Å². The molecule has 154 valence electrons. The third-order valence-electron chi connectivity index (χ3n) is 3.76. The number of benzene rings is 2. The summed E-state index contributed by atoms with van der Waals surface area (Å²) in [6, 6.07) is 6.58. The Kier molecular flexibility index (Phi) is 7.24. The van der Waals surface area contributed by atoms with Gasteiger partial charge in [0.2, 0.25) is 0 Å². The third-order valence-corrected chi connectivity index (χ3v) is 4.31. The molecule has 0 saturated carbocycles. The van der Waals surface area contributed by atoms with Crippen LogP contribution < -0.4 is 14.8 Å². The van der Waals surface area contributed by atoms with Crippen LogP contribution in [0.5, 0.6) is 11.5 Å². The second kappa shape index (κ2) is 9.44. The fourth-order valence-electron chi connectivity index (χ4n) is 2.29. The summed E-state index contributed by atoms with van der Waals surface area (Å²) in [6.07, 6.45) is -1.28. The van der Waals surface area contributed by atoms with Gasteiger partial charge in [0, 0.05) is 11.1 Å². The third kappa shape index (κ3) is 5.27. The van der Waals surface area contributed by atoms with Crippen LogP contribution in [0.1, 0.15) is 17.3 Å². The molecule has 11 heteroatoms. The zero-order valence-electron chi connectivity index (χ0n) is 15.5. The summed E-state index contributed by atoms with van der Waals surface area (Å²) < 4.78 is 15.1. The number of esters is 1. The van der Waals surface area contributed by atoms with Crippen molar-refractivity contribution in [2.45, 2.75) is 13.0 Å². The molecule has 0 unspecified atom stereocenters. The summed E-state index contributed by atoms with van der Waals surface area (Å²) in [5.41, 5.74) is -0.682. The zero-order chi connectivity index (χ0) is 21.7. The number of amides is 1. The Labute approximate surface area is 175 Å². The minimum absolute atomic E-state index is 0.0684. The van der Waals surface area contributed by atoms with Crippen LogP contribution >= 0.6 is 23.2 Å². The van der Waals surface area contributed by atoms with E-state index in [9.17, 15) is 19.7 Å². The summed E-state index contributed by atoms with van der Waals surface area (Å²) >= 11 is 11.8. The van der Waals surface area contributed by atoms with Gasteiger partial charge in [-0.3, -0.25) is 14.9 Å². The number of nitro groups is 1. The molecule has 0 radical (unpaired) electrons. The quantitative estimate of drug-likeness (QED) is 0.389. The van der Waals surface area contributed by atoms with E-state index in [0.717, 1.165) is 12.1 Å². The van der Waals surface area contributed by atoms with Gasteiger partial charge in [-0.2, -0.15) is 0 Å². The van der Waals surface area contributed by atoms with Crippen LogP contribution in [0.25, 0.3) is 0 Å². The van der Waals surface area contributed by atoms with Crippen molar-refractivity contribution >= 4 is 46.5 Å². The number of anilines is 1. The monoisotopic (exact) mass is 442 g/mol. The number of carbonyl (C=O) groups excluding carboxylic acids is 2. The molecule has 0 aliphatic rings. The molecule has 2 aromatic carbocycles. The summed E-state index contributed by atoms with van der Waals surface area (Å²) in [6.45, 7) is 1.31. The van der Waals surface area contributed by atoms with Gasteiger partial charge in [0.25, 0.3) is 11.6 Å². The molecule has 0 aliphatic carbocycles. The lowest BCUT2D eigenvalue weighted by Gasteiger charge is -2.15. The number of nitrogens with zero attached hydrogens (tertiary/aromatic N) is 1. The number of carbonyl (C=O) groups is 2. The molecule has 29 heavy (non-hydrogen) atoms. The number of nitro benzene ring substituents is 1. The van der Waals surface area contributed by atoms with Crippen molar-refractivity contribution in [1.29, 1.82) is 0 Å². The summed E-state index contributed by atoms with van der Waals surface area (Å²) in [5.74, 6) is -1.61. The molecule has 1 N–H and O–H groups in total. The number of rotatable bonds is 7. The molecule has 2 rings (SSSR count). The van der Waals surface area contributed by atoms with Crippen molar-refractivity contribution in [2.24, 2.45) is 0 Å². The van der Waals surface area contributed by atoms with Crippen LogP contribution in [0.4, 0.5) is 11.4 Å². The Morgan fingerprint density at radius 2 is 1.72 bits per heavy atom. The van der Waals surface area contributed by atoms with E-state index < -0.39 is 34.2 Å². The zero-order valence-corrected chi connectivity index (χ0v) is 17.0. The lowest BCUT2D eigenvalue weighted by atomic mass is 10.1. The highest BCUT2D eigenvalue weighted by molar-refractivity contribution is 6.36. The van der Waals surface area contributed by atoms with Crippen LogP contribution in [-0.4, -0.2) is 37.1 Å². The predicted octanol–water partition coefficient (Wildman–Crippen LogP) is 4.10.